The standard InChI is InChI=1S/C19H26N4O/c1-5-24-17-10-8-16(9-11-17)14-23(4)19(20-3)22-13-18-15(2)7-6-12-21-18/h6-12H,5,13-14H2,1-4H3,(H,20,22). The van der Waals surface area contributed by atoms with Crippen molar-refractivity contribution >= 4 is 5.96 Å². The zero-order valence-corrected chi connectivity index (χ0v) is 14.9. The molecule has 0 saturated heterocycles. The van der Waals surface area contributed by atoms with Crippen LogP contribution < -0.4 is 10.1 Å². The van der Waals surface area contributed by atoms with Crippen LogP contribution in [0.25, 0.3) is 0 Å². The Hall–Kier alpha value is -2.56. The van der Waals surface area contributed by atoms with E-state index >= 15 is 0 Å². The lowest BCUT2D eigenvalue weighted by Crippen LogP contribution is -2.38. The number of nitrogens with zero attached hydrogens (tertiary/aromatic N) is 3. The number of rotatable bonds is 6. The topological polar surface area (TPSA) is 49.8 Å². The maximum Gasteiger partial charge on any atom is 0.194 e. The molecule has 2 rings (SSSR count). The molecular weight excluding hydrogens is 300 g/mol. The van der Waals surface area contributed by atoms with Crippen molar-refractivity contribution in [2.75, 3.05) is 20.7 Å². The molecule has 1 aromatic heterocycles. The van der Waals surface area contributed by atoms with E-state index in [1.807, 2.05) is 38.4 Å². The molecule has 0 saturated carbocycles. The minimum absolute atomic E-state index is 0.660. The van der Waals surface area contributed by atoms with Gasteiger partial charge in [0.2, 0.25) is 0 Å². The molecule has 5 nitrogen and oxygen atoms in total. The Morgan fingerprint density at radius 3 is 2.62 bits per heavy atom. The van der Waals surface area contributed by atoms with E-state index in [1.165, 1.54) is 11.1 Å². The van der Waals surface area contributed by atoms with Gasteiger partial charge < -0.3 is 15.0 Å². The van der Waals surface area contributed by atoms with E-state index in [0.29, 0.717) is 13.2 Å². The summed E-state index contributed by atoms with van der Waals surface area (Å²) in [7, 11) is 3.82. The summed E-state index contributed by atoms with van der Waals surface area (Å²) in [5, 5.41) is 3.37. The van der Waals surface area contributed by atoms with E-state index in [-0.39, 0.29) is 0 Å². The first-order chi connectivity index (χ1) is 11.6. The number of benzene rings is 1. The number of aromatic nitrogens is 1. The van der Waals surface area contributed by atoms with Crippen LogP contribution in [0.15, 0.2) is 47.6 Å². The average molecular weight is 326 g/mol. The van der Waals surface area contributed by atoms with Crippen molar-refractivity contribution in [1.82, 2.24) is 15.2 Å². The lowest BCUT2D eigenvalue weighted by Gasteiger charge is -2.22. The van der Waals surface area contributed by atoms with Gasteiger partial charge in [0.05, 0.1) is 18.8 Å². The molecule has 0 amide bonds. The van der Waals surface area contributed by atoms with Gasteiger partial charge in [-0.05, 0) is 43.2 Å². The summed E-state index contributed by atoms with van der Waals surface area (Å²) < 4.78 is 5.48. The fourth-order valence-corrected chi connectivity index (χ4v) is 2.46. The highest BCUT2D eigenvalue weighted by Gasteiger charge is 2.08. The first kappa shape index (κ1) is 17.8. The van der Waals surface area contributed by atoms with E-state index in [2.05, 4.69) is 45.3 Å². The van der Waals surface area contributed by atoms with Gasteiger partial charge in [-0.15, -0.1) is 0 Å². The van der Waals surface area contributed by atoms with E-state index in [9.17, 15) is 0 Å². The number of nitrogens with one attached hydrogen (secondary N) is 1. The number of hydrogen-bond donors (Lipinski definition) is 1. The lowest BCUT2D eigenvalue weighted by molar-refractivity contribution is 0.340. The fraction of sp³-hybridized carbons (Fsp3) is 0.368. The molecular formula is C19H26N4O. The van der Waals surface area contributed by atoms with Gasteiger partial charge in [-0.3, -0.25) is 9.98 Å². The molecule has 0 aliphatic rings. The summed E-state index contributed by atoms with van der Waals surface area (Å²) in [6.07, 6.45) is 1.82. The zero-order valence-electron chi connectivity index (χ0n) is 14.9. The van der Waals surface area contributed by atoms with Crippen LogP contribution in [0, 0.1) is 6.92 Å². The van der Waals surface area contributed by atoms with Crippen LogP contribution in [-0.2, 0) is 13.1 Å². The molecule has 1 N–H and O–H groups in total. The Morgan fingerprint density at radius 2 is 2.00 bits per heavy atom. The summed E-state index contributed by atoms with van der Waals surface area (Å²) in [6.45, 7) is 6.17. The maximum atomic E-state index is 5.48. The maximum absolute atomic E-state index is 5.48. The van der Waals surface area contributed by atoms with Crippen molar-refractivity contribution in [3.05, 3.63) is 59.4 Å². The predicted molar refractivity (Wildman–Crippen MR) is 98.3 cm³/mol. The van der Waals surface area contributed by atoms with Crippen LogP contribution in [0.4, 0.5) is 0 Å². The minimum Gasteiger partial charge on any atom is -0.494 e. The molecule has 0 fully saturated rings. The third kappa shape index (κ3) is 4.98. The molecule has 0 aliphatic heterocycles. The summed E-state index contributed by atoms with van der Waals surface area (Å²) in [5.74, 6) is 1.74. The van der Waals surface area contributed by atoms with Gasteiger partial charge in [0.15, 0.2) is 5.96 Å². The van der Waals surface area contributed by atoms with E-state index in [4.69, 9.17) is 4.74 Å². The molecule has 1 aromatic carbocycles. The minimum atomic E-state index is 0.660. The molecule has 0 unspecified atom stereocenters. The molecule has 128 valence electrons. The summed E-state index contributed by atoms with van der Waals surface area (Å²) in [6, 6.07) is 12.2. The van der Waals surface area contributed by atoms with Gasteiger partial charge >= 0.3 is 0 Å². The van der Waals surface area contributed by atoms with Gasteiger partial charge in [0.25, 0.3) is 0 Å². The molecule has 24 heavy (non-hydrogen) atoms. The van der Waals surface area contributed by atoms with Gasteiger partial charge in [-0.1, -0.05) is 18.2 Å². The molecule has 1 heterocycles. The summed E-state index contributed by atoms with van der Waals surface area (Å²) >= 11 is 0. The van der Waals surface area contributed by atoms with Crippen molar-refractivity contribution in [3.8, 4) is 5.75 Å². The quantitative estimate of drug-likeness (QED) is 0.655. The van der Waals surface area contributed by atoms with Crippen LogP contribution in [0.5, 0.6) is 5.75 Å². The van der Waals surface area contributed by atoms with Crippen LogP contribution in [0.2, 0.25) is 0 Å². The molecule has 0 atom stereocenters. The lowest BCUT2D eigenvalue weighted by atomic mass is 10.2. The number of hydrogen-bond acceptors (Lipinski definition) is 3. The normalized spacial score (nSPS) is 11.2. The number of pyridine rings is 1. The van der Waals surface area contributed by atoms with Crippen molar-refractivity contribution in [1.29, 1.82) is 0 Å². The highest BCUT2D eigenvalue weighted by Crippen LogP contribution is 2.13. The monoisotopic (exact) mass is 326 g/mol. The molecule has 0 bridgehead atoms. The van der Waals surface area contributed by atoms with Gasteiger partial charge in [0.1, 0.15) is 5.75 Å². The fourth-order valence-electron chi connectivity index (χ4n) is 2.46. The second kappa shape index (κ2) is 8.91. The van der Waals surface area contributed by atoms with E-state index < -0.39 is 0 Å². The van der Waals surface area contributed by atoms with Crippen LogP contribution in [0.1, 0.15) is 23.7 Å². The summed E-state index contributed by atoms with van der Waals surface area (Å²) in [5.41, 5.74) is 3.42. The van der Waals surface area contributed by atoms with Crippen molar-refractivity contribution in [2.24, 2.45) is 4.99 Å². The molecule has 2 aromatic rings. The highest BCUT2D eigenvalue weighted by atomic mass is 16.5. The first-order valence-electron chi connectivity index (χ1n) is 8.18. The van der Waals surface area contributed by atoms with E-state index in [0.717, 1.165) is 23.9 Å². The molecule has 0 spiro atoms. The molecule has 0 aliphatic carbocycles. The predicted octanol–water partition coefficient (Wildman–Crippen LogP) is 3.00. The Bertz CT molecular complexity index is 667. The number of guanidine groups is 1. The van der Waals surface area contributed by atoms with E-state index in [1.54, 1.807) is 7.05 Å². The van der Waals surface area contributed by atoms with Gasteiger partial charge in [-0.25, -0.2) is 0 Å². The van der Waals surface area contributed by atoms with Crippen molar-refractivity contribution in [2.45, 2.75) is 26.9 Å². The van der Waals surface area contributed by atoms with Gasteiger partial charge in [-0.2, -0.15) is 0 Å². The van der Waals surface area contributed by atoms with Crippen LogP contribution >= 0.6 is 0 Å². The van der Waals surface area contributed by atoms with Gasteiger partial charge in [0, 0.05) is 26.8 Å². The summed E-state index contributed by atoms with van der Waals surface area (Å²) in [4.78, 5) is 10.9. The molecule has 5 heteroatoms. The largest absolute Gasteiger partial charge is 0.494 e. The second-order valence-corrected chi connectivity index (χ2v) is 5.60. The third-order valence-electron chi connectivity index (χ3n) is 3.76. The van der Waals surface area contributed by atoms with Crippen molar-refractivity contribution < 1.29 is 4.74 Å². The number of aliphatic imine (C=N–C) groups is 1. The smallest absolute Gasteiger partial charge is 0.194 e. The SMILES string of the molecule is CCOc1ccc(CN(C)C(=NC)NCc2ncccc2C)cc1. The first-order valence-corrected chi connectivity index (χ1v) is 8.18. The zero-order chi connectivity index (χ0) is 17.4. The van der Waals surface area contributed by atoms with Crippen LogP contribution in [0.3, 0.4) is 0 Å². The second-order valence-electron chi connectivity index (χ2n) is 5.60. The Balaban J connectivity index is 1.93. The Morgan fingerprint density at radius 1 is 1.25 bits per heavy atom. The third-order valence-corrected chi connectivity index (χ3v) is 3.76. The Kier molecular flexibility index (Phi) is 6.61. The Labute approximate surface area is 144 Å². The number of aryl methyl sites for hydroxylation is 1. The van der Waals surface area contributed by atoms with Crippen LogP contribution in [-0.4, -0.2) is 36.5 Å². The average Bonchev–Trinajstić information content (AvgIpc) is 2.59. The number of ether oxygens (including phenoxy) is 1. The van der Waals surface area contributed by atoms with Crippen molar-refractivity contribution in [3.63, 3.8) is 0 Å². The molecule has 0 radical (unpaired) electrons. The highest BCUT2D eigenvalue weighted by molar-refractivity contribution is 5.79.